The number of amides is 1. The van der Waals surface area contributed by atoms with Crippen LogP contribution in [0.5, 0.6) is 5.75 Å². The molecule has 2 N–H and O–H groups in total. The van der Waals surface area contributed by atoms with Crippen LogP contribution in [0.15, 0.2) is 24.3 Å². The number of hydrogen-bond donors (Lipinski definition) is 2. The molecule has 0 aliphatic rings. The molecule has 1 amide bonds. The van der Waals surface area contributed by atoms with Gasteiger partial charge in [-0.15, -0.1) is 0 Å². The van der Waals surface area contributed by atoms with Crippen molar-refractivity contribution < 1.29 is 14.6 Å². The number of carbonyl (C=O) groups is 1. The maximum atomic E-state index is 11.5. The van der Waals surface area contributed by atoms with E-state index in [-0.39, 0.29) is 18.6 Å². The average molecular weight is 265 g/mol. The fourth-order valence-electron chi connectivity index (χ4n) is 1.59. The molecular weight excluding hydrogens is 242 g/mol. The number of rotatable bonds is 7. The highest BCUT2D eigenvalue weighted by atomic mass is 16.5. The summed E-state index contributed by atoms with van der Waals surface area (Å²) in [5.74, 6) is 0.512. The fraction of sp³-hybridized carbons (Fsp3) is 0.533. The maximum absolute atomic E-state index is 11.5. The summed E-state index contributed by atoms with van der Waals surface area (Å²) in [7, 11) is 0. The topological polar surface area (TPSA) is 58.6 Å². The molecule has 0 saturated carbocycles. The van der Waals surface area contributed by atoms with Gasteiger partial charge in [-0.2, -0.15) is 0 Å². The van der Waals surface area contributed by atoms with Crippen LogP contribution < -0.4 is 10.1 Å². The zero-order valence-corrected chi connectivity index (χ0v) is 11.8. The molecule has 1 rings (SSSR count). The third-order valence-electron chi connectivity index (χ3n) is 3.04. The Hall–Kier alpha value is -1.55. The lowest BCUT2D eigenvalue weighted by molar-refractivity contribution is -0.123. The van der Waals surface area contributed by atoms with Crippen molar-refractivity contribution in [2.24, 2.45) is 0 Å². The monoisotopic (exact) mass is 265 g/mol. The summed E-state index contributed by atoms with van der Waals surface area (Å²) < 4.78 is 5.39. The van der Waals surface area contributed by atoms with E-state index in [1.807, 2.05) is 32.9 Å². The molecule has 4 heteroatoms. The first kappa shape index (κ1) is 15.5. The smallest absolute Gasteiger partial charge is 0.258 e. The lowest BCUT2D eigenvalue weighted by atomic mass is 10.1. The molecule has 0 radical (unpaired) electrons. The Morgan fingerprint density at radius 3 is 2.42 bits per heavy atom. The molecule has 2 atom stereocenters. The number of nitrogens with one attached hydrogen (secondary N) is 1. The number of aliphatic hydroxyl groups is 1. The second kappa shape index (κ2) is 7.79. The Bertz CT molecular complexity index is 389. The number of ether oxygens (including phenoxy) is 1. The van der Waals surface area contributed by atoms with E-state index in [9.17, 15) is 9.90 Å². The summed E-state index contributed by atoms with van der Waals surface area (Å²) in [5.41, 5.74) is 0.860. The van der Waals surface area contributed by atoms with Gasteiger partial charge in [0.05, 0.1) is 6.10 Å². The summed E-state index contributed by atoms with van der Waals surface area (Å²) in [6.45, 7) is 5.91. The second-order valence-electron chi connectivity index (χ2n) is 4.66. The predicted molar refractivity (Wildman–Crippen MR) is 75.1 cm³/mol. The van der Waals surface area contributed by atoms with E-state index in [2.05, 4.69) is 5.32 Å². The second-order valence-corrected chi connectivity index (χ2v) is 4.66. The molecule has 106 valence electrons. The van der Waals surface area contributed by atoms with Gasteiger partial charge in [-0.1, -0.05) is 26.0 Å². The minimum Gasteiger partial charge on any atom is -0.484 e. The van der Waals surface area contributed by atoms with Gasteiger partial charge in [0.1, 0.15) is 5.75 Å². The van der Waals surface area contributed by atoms with Gasteiger partial charge in [0.2, 0.25) is 0 Å². The van der Waals surface area contributed by atoms with Crippen molar-refractivity contribution in [3.8, 4) is 5.75 Å². The first-order chi connectivity index (χ1) is 9.06. The van der Waals surface area contributed by atoms with E-state index in [1.165, 1.54) is 0 Å². The van der Waals surface area contributed by atoms with Crippen LogP contribution >= 0.6 is 0 Å². The van der Waals surface area contributed by atoms with Crippen molar-refractivity contribution in [2.45, 2.75) is 45.8 Å². The van der Waals surface area contributed by atoms with Gasteiger partial charge in [-0.25, -0.2) is 0 Å². The molecule has 0 heterocycles. The van der Waals surface area contributed by atoms with Crippen LogP contribution in [0.2, 0.25) is 0 Å². The van der Waals surface area contributed by atoms with Crippen LogP contribution in [0.25, 0.3) is 0 Å². The van der Waals surface area contributed by atoms with Crippen molar-refractivity contribution in [3.05, 3.63) is 29.8 Å². The Kier molecular flexibility index (Phi) is 6.36. The molecule has 0 aliphatic carbocycles. The van der Waals surface area contributed by atoms with Crippen molar-refractivity contribution in [1.29, 1.82) is 0 Å². The molecule has 0 spiro atoms. The van der Waals surface area contributed by atoms with Gasteiger partial charge in [-0.05, 0) is 37.5 Å². The predicted octanol–water partition coefficient (Wildman–Crippen LogP) is 2.42. The normalized spacial score (nSPS) is 13.7. The van der Waals surface area contributed by atoms with Crippen molar-refractivity contribution >= 4 is 5.91 Å². The van der Waals surface area contributed by atoms with Crippen LogP contribution in [0.1, 0.15) is 45.3 Å². The van der Waals surface area contributed by atoms with E-state index in [0.29, 0.717) is 12.2 Å². The molecule has 19 heavy (non-hydrogen) atoms. The Labute approximate surface area is 114 Å². The SMILES string of the molecule is CCC(C)NC(=O)COc1ccc([C@H](O)CC)cc1. The largest absolute Gasteiger partial charge is 0.484 e. The van der Waals surface area contributed by atoms with E-state index in [4.69, 9.17) is 4.74 Å². The lowest BCUT2D eigenvalue weighted by Gasteiger charge is -2.13. The average Bonchev–Trinajstić information content (AvgIpc) is 2.44. The number of benzene rings is 1. The molecule has 1 aromatic carbocycles. The highest BCUT2D eigenvalue weighted by Gasteiger charge is 2.07. The Balaban J connectivity index is 2.43. The quantitative estimate of drug-likeness (QED) is 0.796. The minimum absolute atomic E-state index is 0.0139. The van der Waals surface area contributed by atoms with E-state index >= 15 is 0 Å². The Morgan fingerprint density at radius 2 is 1.89 bits per heavy atom. The lowest BCUT2D eigenvalue weighted by Crippen LogP contribution is -2.35. The number of aliphatic hydroxyl groups excluding tert-OH is 1. The van der Waals surface area contributed by atoms with Crippen molar-refractivity contribution in [3.63, 3.8) is 0 Å². The Morgan fingerprint density at radius 1 is 1.26 bits per heavy atom. The fourth-order valence-corrected chi connectivity index (χ4v) is 1.59. The van der Waals surface area contributed by atoms with Gasteiger partial charge in [0.25, 0.3) is 5.91 Å². The molecular formula is C15H23NO3. The van der Waals surface area contributed by atoms with Gasteiger partial charge in [0.15, 0.2) is 6.61 Å². The zero-order chi connectivity index (χ0) is 14.3. The molecule has 0 saturated heterocycles. The van der Waals surface area contributed by atoms with Crippen LogP contribution in [0.4, 0.5) is 0 Å². The first-order valence-corrected chi connectivity index (χ1v) is 6.77. The van der Waals surface area contributed by atoms with Crippen LogP contribution in [-0.4, -0.2) is 23.7 Å². The summed E-state index contributed by atoms with van der Waals surface area (Å²) in [4.78, 5) is 11.5. The van der Waals surface area contributed by atoms with Crippen molar-refractivity contribution in [1.82, 2.24) is 5.32 Å². The summed E-state index contributed by atoms with van der Waals surface area (Å²) in [5, 5.41) is 12.5. The highest BCUT2D eigenvalue weighted by molar-refractivity contribution is 5.77. The molecule has 0 aliphatic heterocycles. The van der Waals surface area contributed by atoms with E-state index in [1.54, 1.807) is 12.1 Å². The standard InChI is InChI=1S/C15H23NO3/c1-4-11(3)16-15(18)10-19-13-8-6-12(7-9-13)14(17)5-2/h6-9,11,14,17H,4-5,10H2,1-3H3,(H,16,18)/t11?,14-/m1/s1. The third-order valence-corrected chi connectivity index (χ3v) is 3.04. The molecule has 4 nitrogen and oxygen atoms in total. The van der Waals surface area contributed by atoms with Gasteiger partial charge in [-0.3, -0.25) is 4.79 Å². The summed E-state index contributed by atoms with van der Waals surface area (Å²) in [6.07, 6.45) is 1.13. The molecule has 0 bridgehead atoms. The van der Waals surface area contributed by atoms with Crippen LogP contribution in [-0.2, 0) is 4.79 Å². The molecule has 1 aromatic rings. The zero-order valence-electron chi connectivity index (χ0n) is 11.8. The molecule has 0 aromatic heterocycles. The molecule has 0 fully saturated rings. The first-order valence-electron chi connectivity index (χ1n) is 6.77. The van der Waals surface area contributed by atoms with Crippen molar-refractivity contribution in [2.75, 3.05) is 6.61 Å². The summed E-state index contributed by atoms with van der Waals surface area (Å²) >= 11 is 0. The number of carbonyl (C=O) groups excluding carboxylic acids is 1. The highest BCUT2D eigenvalue weighted by Crippen LogP contribution is 2.19. The van der Waals surface area contributed by atoms with Crippen LogP contribution in [0, 0.1) is 0 Å². The van der Waals surface area contributed by atoms with Gasteiger partial charge < -0.3 is 15.2 Å². The van der Waals surface area contributed by atoms with Crippen LogP contribution in [0.3, 0.4) is 0 Å². The number of hydrogen-bond acceptors (Lipinski definition) is 3. The third kappa shape index (κ3) is 5.30. The minimum atomic E-state index is -0.442. The van der Waals surface area contributed by atoms with Gasteiger partial charge >= 0.3 is 0 Å². The maximum Gasteiger partial charge on any atom is 0.258 e. The van der Waals surface area contributed by atoms with Gasteiger partial charge in [0, 0.05) is 6.04 Å². The van der Waals surface area contributed by atoms with E-state index in [0.717, 1.165) is 12.0 Å². The van der Waals surface area contributed by atoms with E-state index < -0.39 is 6.10 Å². The molecule has 1 unspecified atom stereocenters. The summed E-state index contributed by atoms with van der Waals surface area (Å²) in [6, 6.07) is 7.33.